The Morgan fingerprint density at radius 3 is 2.92 bits per heavy atom. The quantitative estimate of drug-likeness (QED) is 0.424. The fourth-order valence-corrected chi connectivity index (χ4v) is 0.832. The molecule has 0 bridgehead atoms. The number of aromatic amines is 1. The summed E-state index contributed by atoms with van der Waals surface area (Å²) in [5, 5.41) is 10.5. The number of rotatable bonds is 2. The fourth-order valence-electron chi connectivity index (χ4n) is 0.832. The Morgan fingerprint density at radius 2 is 2.38 bits per heavy atom. The molecule has 0 atom stereocenters. The smallest absolute Gasteiger partial charge is 0.258 e. The molecule has 0 aromatic carbocycles. The highest BCUT2D eigenvalue weighted by Gasteiger charge is 2.08. The van der Waals surface area contributed by atoms with E-state index in [1.807, 2.05) is 0 Å². The predicted molar refractivity (Wildman–Crippen MR) is 46.0 cm³/mol. The molecule has 1 amide bonds. The fraction of sp³-hybridized carbons (Fsp3) is 0.143. The molecule has 6 nitrogen and oxygen atoms in total. The summed E-state index contributed by atoms with van der Waals surface area (Å²) >= 11 is 0. The van der Waals surface area contributed by atoms with Gasteiger partial charge in [0.15, 0.2) is 5.43 Å². The molecule has 0 saturated carbocycles. The Labute approximate surface area is 73.4 Å². The highest BCUT2D eigenvalue weighted by molar-refractivity contribution is 5.93. The van der Waals surface area contributed by atoms with Gasteiger partial charge in [0.25, 0.3) is 5.91 Å². The highest BCUT2D eigenvalue weighted by Crippen LogP contribution is 1.93. The number of aromatic nitrogens is 1. The van der Waals surface area contributed by atoms with Crippen molar-refractivity contribution in [2.24, 2.45) is 0 Å². The molecule has 0 saturated heterocycles. The lowest BCUT2D eigenvalue weighted by molar-refractivity contribution is 0.0909. The van der Waals surface area contributed by atoms with E-state index in [-0.39, 0.29) is 11.4 Å². The molecule has 0 fully saturated rings. The molecule has 0 aliphatic carbocycles. The summed E-state index contributed by atoms with van der Waals surface area (Å²) in [6.07, 6.45) is 1.20. The minimum atomic E-state index is -0.635. The number of nitrogen functional groups attached to an aromatic ring is 1. The first-order valence-electron chi connectivity index (χ1n) is 3.52. The van der Waals surface area contributed by atoms with Crippen LogP contribution in [0.5, 0.6) is 0 Å². The predicted octanol–water partition coefficient (Wildman–Crippen LogP) is -1.36. The van der Waals surface area contributed by atoms with E-state index in [0.717, 1.165) is 6.07 Å². The Bertz CT molecular complexity index is 371. The minimum absolute atomic E-state index is 0.0803. The van der Waals surface area contributed by atoms with E-state index >= 15 is 0 Å². The van der Waals surface area contributed by atoms with Gasteiger partial charge < -0.3 is 21.1 Å². The first-order valence-corrected chi connectivity index (χ1v) is 3.52. The van der Waals surface area contributed by atoms with Crippen molar-refractivity contribution in [3.05, 3.63) is 28.0 Å². The van der Waals surface area contributed by atoms with Crippen LogP contribution >= 0.6 is 0 Å². The van der Waals surface area contributed by atoms with Crippen molar-refractivity contribution in [1.29, 1.82) is 0 Å². The van der Waals surface area contributed by atoms with Gasteiger partial charge in [0, 0.05) is 12.3 Å². The maximum Gasteiger partial charge on any atom is 0.258 e. The number of anilines is 1. The van der Waals surface area contributed by atoms with Crippen LogP contribution in [0.25, 0.3) is 0 Å². The average molecular weight is 183 g/mol. The summed E-state index contributed by atoms with van der Waals surface area (Å²) in [6, 6.07) is 1.10. The maximum atomic E-state index is 11.1. The number of H-pyrrole nitrogens is 1. The van der Waals surface area contributed by atoms with Crippen molar-refractivity contribution in [3.8, 4) is 0 Å². The van der Waals surface area contributed by atoms with Gasteiger partial charge in [0.05, 0.1) is 0 Å². The second-order valence-electron chi connectivity index (χ2n) is 2.33. The first kappa shape index (κ1) is 9.27. The number of aliphatic hydroxyl groups is 1. The molecule has 1 heterocycles. The number of pyridine rings is 1. The minimum Gasteiger partial charge on any atom is -0.385 e. The standard InChI is InChI=1S/C7H9N3O3/c8-6-1-5(12)4(2-9-6)7(13)10-3-11/h1-2,11H,3H2,(H,10,13)(H3,8,9,12). The third kappa shape index (κ3) is 2.06. The van der Waals surface area contributed by atoms with Gasteiger partial charge >= 0.3 is 0 Å². The van der Waals surface area contributed by atoms with E-state index < -0.39 is 18.1 Å². The molecule has 6 heteroatoms. The van der Waals surface area contributed by atoms with Gasteiger partial charge in [-0.05, 0) is 0 Å². The number of hydrogen-bond acceptors (Lipinski definition) is 4. The van der Waals surface area contributed by atoms with Crippen molar-refractivity contribution in [2.75, 3.05) is 12.5 Å². The van der Waals surface area contributed by atoms with Gasteiger partial charge in [-0.2, -0.15) is 0 Å². The van der Waals surface area contributed by atoms with E-state index in [1.165, 1.54) is 6.20 Å². The Morgan fingerprint density at radius 1 is 1.69 bits per heavy atom. The number of nitrogens with two attached hydrogens (primary N) is 1. The lowest BCUT2D eigenvalue weighted by Gasteiger charge is -2.00. The van der Waals surface area contributed by atoms with Crippen molar-refractivity contribution in [1.82, 2.24) is 10.3 Å². The molecule has 1 rings (SSSR count). The summed E-state index contributed by atoms with van der Waals surface area (Å²) < 4.78 is 0. The number of carbonyl (C=O) groups excluding carboxylic acids is 1. The summed E-state index contributed by atoms with van der Waals surface area (Å²) in [7, 11) is 0. The molecule has 0 aliphatic rings. The summed E-state index contributed by atoms with van der Waals surface area (Å²) in [5.41, 5.74) is 4.70. The van der Waals surface area contributed by atoms with E-state index in [4.69, 9.17) is 10.8 Å². The zero-order chi connectivity index (χ0) is 9.84. The number of aliphatic hydroxyl groups excluding tert-OH is 1. The number of amides is 1. The molecule has 0 spiro atoms. The first-order chi connectivity index (χ1) is 6.15. The second-order valence-corrected chi connectivity index (χ2v) is 2.33. The second kappa shape index (κ2) is 3.72. The van der Waals surface area contributed by atoms with Gasteiger partial charge in [-0.15, -0.1) is 0 Å². The monoisotopic (exact) mass is 183 g/mol. The molecular weight excluding hydrogens is 174 g/mol. The van der Waals surface area contributed by atoms with Gasteiger partial charge in [0.2, 0.25) is 0 Å². The van der Waals surface area contributed by atoms with Crippen LogP contribution in [-0.4, -0.2) is 22.7 Å². The molecule has 1 aromatic heterocycles. The van der Waals surface area contributed by atoms with Crippen molar-refractivity contribution >= 4 is 11.7 Å². The van der Waals surface area contributed by atoms with Gasteiger partial charge in [-0.1, -0.05) is 0 Å². The van der Waals surface area contributed by atoms with E-state index in [9.17, 15) is 9.59 Å². The topological polar surface area (TPSA) is 108 Å². The molecule has 5 N–H and O–H groups in total. The van der Waals surface area contributed by atoms with E-state index in [0.29, 0.717) is 0 Å². The number of hydrogen-bond donors (Lipinski definition) is 4. The molecule has 0 aliphatic heterocycles. The molecule has 1 aromatic rings. The molecule has 13 heavy (non-hydrogen) atoms. The summed E-state index contributed by atoms with van der Waals surface area (Å²) in [4.78, 5) is 24.7. The molecule has 0 unspecified atom stereocenters. The van der Waals surface area contributed by atoms with Crippen LogP contribution < -0.4 is 16.5 Å². The molecule has 0 radical (unpaired) electrons. The van der Waals surface area contributed by atoms with Crippen molar-refractivity contribution < 1.29 is 9.90 Å². The van der Waals surface area contributed by atoms with E-state index in [2.05, 4.69) is 10.3 Å². The van der Waals surface area contributed by atoms with Crippen LogP contribution in [-0.2, 0) is 0 Å². The van der Waals surface area contributed by atoms with Gasteiger partial charge in [-0.25, -0.2) is 0 Å². The maximum absolute atomic E-state index is 11.1. The van der Waals surface area contributed by atoms with Crippen LogP contribution in [0.4, 0.5) is 5.82 Å². The average Bonchev–Trinajstić information content (AvgIpc) is 2.04. The SMILES string of the molecule is Nc1cc(=O)c(C(=O)NCO)c[nH]1. The van der Waals surface area contributed by atoms with E-state index in [1.54, 1.807) is 0 Å². The third-order valence-corrected chi connectivity index (χ3v) is 1.42. The Balaban J connectivity index is 3.02. The van der Waals surface area contributed by atoms with Crippen molar-refractivity contribution in [3.63, 3.8) is 0 Å². The molecule has 70 valence electrons. The molecular formula is C7H9N3O3. The summed E-state index contributed by atoms with van der Waals surface area (Å²) in [6.45, 7) is -0.511. The van der Waals surface area contributed by atoms with Crippen LogP contribution in [0, 0.1) is 0 Å². The zero-order valence-electron chi connectivity index (χ0n) is 6.70. The van der Waals surface area contributed by atoms with Crippen LogP contribution in [0.3, 0.4) is 0 Å². The van der Waals surface area contributed by atoms with Crippen LogP contribution in [0.1, 0.15) is 10.4 Å². The van der Waals surface area contributed by atoms with Crippen LogP contribution in [0.2, 0.25) is 0 Å². The van der Waals surface area contributed by atoms with Crippen molar-refractivity contribution in [2.45, 2.75) is 0 Å². The summed E-state index contributed by atoms with van der Waals surface area (Å²) in [5.74, 6) is -0.450. The Kier molecular flexibility index (Phi) is 2.65. The normalized spacial score (nSPS) is 9.62. The highest BCUT2D eigenvalue weighted by atomic mass is 16.3. The Hall–Kier alpha value is -1.82. The number of nitrogens with one attached hydrogen (secondary N) is 2. The lowest BCUT2D eigenvalue weighted by Crippen LogP contribution is -2.29. The van der Waals surface area contributed by atoms with Crippen LogP contribution in [0.15, 0.2) is 17.1 Å². The lowest BCUT2D eigenvalue weighted by atomic mass is 10.2. The number of carbonyl (C=O) groups is 1. The third-order valence-electron chi connectivity index (χ3n) is 1.42. The largest absolute Gasteiger partial charge is 0.385 e. The van der Waals surface area contributed by atoms with Gasteiger partial charge in [0.1, 0.15) is 18.1 Å². The van der Waals surface area contributed by atoms with Gasteiger partial charge in [-0.3, -0.25) is 9.59 Å². The zero-order valence-corrected chi connectivity index (χ0v) is 6.70.